The molecule has 96 valence electrons. The van der Waals surface area contributed by atoms with E-state index < -0.39 is 0 Å². The number of benzene rings is 1. The first-order valence-corrected chi connectivity index (χ1v) is 6.16. The molecule has 0 aliphatic rings. The average Bonchev–Trinajstić information content (AvgIpc) is 2.41. The zero-order valence-corrected chi connectivity index (χ0v) is 11.0. The summed E-state index contributed by atoms with van der Waals surface area (Å²) in [5.41, 5.74) is 0.836. The molecule has 18 heavy (non-hydrogen) atoms. The lowest BCUT2D eigenvalue weighted by Crippen LogP contribution is -2.22. The number of methoxy groups -OCH3 is 1. The van der Waals surface area contributed by atoms with Crippen molar-refractivity contribution in [3.63, 3.8) is 0 Å². The lowest BCUT2D eigenvalue weighted by molar-refractivity contribution is -0.120. The topological polar surface area (TPSA) is 38.3 Å². The van der Waals surface area contributed by atoms with Crippen LogP contribution in [0, 0.1) is 11.8 Å². The van der Waals surface area contributed by atoms with E-state index in [0.29, 0.717) is 13.0 Å². The minimum Gasteiger partial charge on any atom is -0.495 e. The highest BCUT2D eigenvalue weighted by atomic mass is 16.5. The van der Waals surface area contributed by atoms with E-state index in [0.717, 1.165) is 24.2 Å². The largest absolute Gasteiger partial charge is 0.495 e. The van der Waals surface area contributed by atoms with Crippen LogP contribution in [0.25, 0.3) is 0 Å². The highest BCUT2D eigenvalue weighted by Gasteiger charge is 1.98. The molecule has 3 nitrogen and oxygen atoms in total. The third-order valence-corrected chi connectivity index (χ3v) is 2.46. The lowest BCUT2D eigenvalue weighted by Gasteiger charge is -2.01. The quantitative estimate of drug-likeness (QED) is 0.809. The van der Waals surface area contributed by atoms with Crippen LogP contribution in [0.4, 0.5) is 0 Å². The SMILES string of the molecule is CCCCC(=O)NCC#Cc1ccccc1OC. The van der Waals surface area contributed by atoms with E-state index in [1.165, 1.54) is 0 Å². The van der Waals surface area contributed by atoms with Gasteiger partial charge in [-0.25, -0.2) is 0 Å². The van der Waals surface area contributed by atoms with Crippen molar-refractivity contribution in [1.82, 2.24) is 5.32 Å². The van der Waals surface area contributed by atoms with Gasteiger partial charge >= 0.3 is 0 Å². The summed E-state index contributed by atoms with van der Waals surface area (Å²) in [5, 5.41) is 2.77. The maximum absolute atomic E-state index is 11.3. The zero-order valence-electron chi connectivity index (χ0n) is 11.0. The Hall–Kier alpha value is -1.95. The third kappa shape index (κ3) is 4.92. The van der Waals surface area contributed by atoms with Gasteiger partial charge in [-0.2, -0.15) is 0 Å². The van der Waals surface area contributed by atoms with Gasteiger partial charge in [0.05, 0.1) is 19.2 Å². The number of hydrogen-bond donors (Lipinski definition) is 1. The fourth-order valence-electron chi connectivity index (χ4n) is 1.46. The molecule has 0 saturated carbocycles. The highest BCUT2D eigenvalue weighted by Crippen LogP contribution is 2.15. The van der Waals surface area contributed by atoms with E-state index >= 15 is 0 Å². The van der Waals surface area contributed by atoms with Gasteiger partial charge in [-0.05, 0) is 18.6 Å². The van der Waals surface area contributed by atoms with Crippen LogP contribution in [0.5, 0.6) is 5.75 Å². The van der Waals surface area contributed by atoms with E-state index in [-0.39, 0.29) is 5.91 Å². The second kappa shape index (κ2) is 8.19. The van der Waals surface area contributed by atoms with Crippen molar-refractivity contribution in [1.29, 1.82) is 0 Å². The lowest BCUT2D eigenvalue weighted by atomic mass is 10.2. The van der Waals surface area contributed by atoms with E-state index in [1.54, 1.807) is 7.11 Å². The second-order valence-electron chi connectivity index (χ2n) is 3.88. The first kappa shape index (κ1) is 14.1. The van der Waals surface area contributed by atoms with Gasteiger partial charge in [0.2, 0.25) is 5.91 Å². The predicted molar refractivity (Wildman–Crippen MR) is 72.4 cm³/mol. The summed E-state index contributed by atoms with van der Waals surface area (Å²) in [5.74, 6) is 6.72. The van der Waals surface area contributed by atoms with Crippen molar-refractivity contribution < 1.29 is 9.53 Å². The first-order chi connectivity index (χ1) is 8.77. The monoisotopic (exact) mass is 245 g/mol. The molecule has 0 saturated heterocycles. The van der Waals surface area contributed by atoms with Crippen molar-refractivity contribution in [2.45, 2.75) is 26.2 Å². The number of unbranched alkanes of at least 4 members (excludes halogenated alkanes) is 1. The van der Waals surface area contributed by atoms with Crippen molar-refractivity contribution in [3.05, 3.63) is 29.8 Å². The van der Waals surface area contributed by atoms with Crippen LogP contribution < -0.4 is 10.1 Å². The minimum absolute atomic E-state index is 0.0613. The highest BCUT2D eigenvalue weighted by molar-refractivity contribution is 5.76. The van der Waals surface area contributed by atoms with E-state index in [9.17, 15) is 4.79 Å². The molecule has 1 rings (SSSR count). The molecule has 0 spiro atoms. The molecule has 0 aromatic heterocycles. The van der Waals surface area contributed by atoms with Gasteiger partial charge in [-0.1, -0.05) is 37.3 Å². The molecule has 0 fully saturated rings. The molecule has 3 heteroatoms. The molecule has 0 aliphatic heterocycles. The Bertz CT molecular complexity index is 443. The summed E-state index contributed by atoms with van der Waals surface area (Å²) in [6.07, 6.45) is 2.53. The Morgan fingerprint density at radius 2 is 2.17 bits per heavy atom. The van der Waals surface area contributed by atoms with E-state index in [2.05, 4.69) is 24.1 Å². The number of carbonyl (C=O) groups is 1. The van der Waals surface area contributed by atoms with Gasteiger partial charge in [0.1, 0.15) is 5.75 Å². The average molecular weight is 245 g/mol. The Morgan fingerprint density at radius 3 is 2.89 bits per heavy atom. The van der Waals surface area contributed by atoms with Crippen LogP contribution in [0.15, 0.2) is 24.3 Å². The fraction of sp³-hybridized carbons (Fsp3) is 0.400. The molecule has 1 N–H and O–H groups in total. The molecule has 1 amide bonds. The van der Waals surface area contributed by atoms with Crippen molar-refractivity contribution in [2.24, 2.45) is 0 Å². The van der Waals surface area contributed by atoms with Gasteiger partial charge in [0, 0.05) is 6.42 Å². The maximum atomic E-state index is 11.3. The van der Waals surface area contributed by atoms with Gasteiger partial charge in [0.25, 0.3) is 0 Å². The molecule has 0 aliphatic carbocycles. The van der Waals surface area contributed by atoms with Crippen LogP contribution in [-0.2, 0) is 4.79 Å². The summed E-state index contributed by atoms with van der Waals surface area (Å²) in [4.78, 5) is 11.3. The van der Waals surface area contributed by atoms with Gasteiger partial charge < -0.3 is 10.1 Å². The molecular weight excluding hydrogens is 226 g/mol. The molecule has 0 unspecified atom stereocenters. The summed E-state index contributed by atoms with van der Waals surface area (Å²) < 4.78 is 5.19. The molecule has 0 atom stereocenters. The van der Waals surface area contributed by atoms with Crippen molar-refractivity contribution >= 4 is 5.91 Å². The smallest absolute Gasteiger partial charge is 0.220 e. The van der Waals surface area contributed by atoms with Crippen molar-refractivity contribution in [3.8, 4) is 17.6 Å². The summed E-state index contributed by atoms with van der Waals surface area (Å²) in [6, 6.07) is 7.57. The van der Waals surface area contributed by atoms with Crippen LogP contribution in [0.1, 0.15) is 31.7 Å². The van der Waals surface area contributed by atoms with E-state index in [4.69, 9.17) is 4.74 Å². The van der Waals surface area contributed by atoms with Crippen molar-refractivity contribution in [2.75, 3.05) is 13.7 Å². The molecule has 1 aromatic rings. The summed E-state index contributed by atoms with van der Waals surface area (Å²) in [7, 11) is 1.62. The maximum Gasteiger partial charge on any atom is 0.220 e. The summed E-state index contributed by atoms with van der Waals surface area (Å²) >= 11 is 0. The zero-order chi connectivity index (χ0) is 13.2. The van der Waals surface area contributed by atoms with E-state index in [1.807, 2.05) is 24.3 Å². The number of nitrogens with one attached hydrogen (secondary N) is 1. The molecule has 0 heterocycles. The number of ether oxygens (including phenoxy) is 1. The molecular formula is C15H19NO2. The Morgan fingerprint density at radius 1 is 1.39 bits per heavy atom. The van der Waals surface area contributed by atoms with Crippen LogP contribution in [0.3, 0.4) is 0 Å². The molecule has 0 radical (unpaired) electrons. The number of hydrogen-bond acceptors (Lipinski definition) is 2. The minimum atomic E-state index is 0.0613. The fourth-order valence-corrected chi connectivity index (χ4v) is 1.46. The number of amides is 1. The van der Waals surface area contributed by atoms with Gasteiger partial charge in [-0.3, -0.25) is 4.79 Å². The number of para-hydroxylation sites is 1. The summed E-state index contributed by atoms with van der Waals surface area (Å²) in [6.45, 7) is 2.44. The first-order valence-electron chi connectivity index (χ1n) is 6.16. The second-order valence-corrected chi connectivity index (χ2v) is 3.88. The standard InChI is InChI=1S/C15H19NO2/c1-3-4-11-15(17)16-12-7-9-13-8-5-6-10-14(13)18-2/h5-6,8,10H,3-4,11-12H2,1-2H3,(H,16,17). The van der Waals surface area contributed by atoms with Gasteiger partial charge in [0.15, 0.2) is 0 Å². The van der Waals surface area contributed by atoms with Crippen LogP contribution in [0.2, 0.25) is 0 Å². The van der Waals surface area contributed by atoms with Crippen LogP contribution in [-0.4, -0.2) is 19.6 Å². The third-order valence-electron chi connectivity index (χ3n) is 2.46. The Labute approximate surface area is 109 Å². The molecule has 1 aromatic carbocycles. The normalized spacial score (nSPS) is 9.22. The van der Waals surface area contributed by atoms with Gasteiger partial charge in [-0.15, -0.1) is 0 Å². The number of rotatable bonds is 5. The predicted octanol–water partition coefficient (Wildman–Crippen LogP) is 2.35. The Kier molecular flexibility index (Phi) is 6.42. The Balaban J connectivity index is 2.44. The van der Waals surface area contributed by atoms with Crippen LogP contribution >= 0.6 is 0 Å². The number of carbonyl (C=O) groups excluding carboxylic acids is 1. The molecule has 0 bridgehead atoms.